The molecule has 0 saturated heterocycles. The molecule has 6 heteroatoms. The van der Waals surface area contributed by atoms with E-state index in [9.17, 15) is 4.79 Å². The molecule has 4 nitrogen and oxygen atoms in total. The fourth-order valence-electron chi connectivity index (χ4n) is 1.74. The molecule has 100 valence electrons. The summed E-state index contributed by atoms with van der Waals surface area (Å²) in [6.45, 7) is 3.33. The average molecular weight is 387 g/mol. The predicted octanol–water partition coefficient (Wildman–Crippen LogP) is 3.25. The van der Waals surface area contributed by atoms with E-state index >= 15 is 0 Å². The van der Waals surface area contributed by atoms with E-state index in [1.54, 1.807) is 23.0 Å². The number of nitrogens with zero attached hydrogens (tertiary/aromatic N) is 2. The lowest BCUT2D eigenvalue weighted by Crippen LogP contribution is -2.21. The van der Waals surface area contributed by atoms with Crippen molar-refractivity contribution >= 4 is 37.5 Å². The number of anilines is 1. The topological polar surface area (TPSA) is 46.9 Å². The van der Waals surface area contributed by atoms with E-state index in [0.29, 0.717) is 11.0 Å². The minimum Gasteiger partial charge on any atom is -0.385 e. The zero-order valence-corrected chi connectivity index (χ0v) is 13.5. The maximum absolute atomic E-state index is 12.0. The van der Waals surface area contributed by atoms with Crippen LogP contribution in [0.25, 0.3) is 0 Å². The Kier molecular flexibility index (Phi) is 4.76. The summed E-state index contributed by atoms with van der Waals surface area (Å²) in [6.07, 6.45) is 3.50. The number of pyridine rings is 2. The molecule has 0 saturated carbocycles. The van der Waals surface area contributed by atoms with Crippen LogP contribution in [0.5, 0.6) is 0 Å². The van der Waals surface area contributed by atoms with Gasteiger partial charge < -0.3 is 9.88 Å². The molecule has 2 aromatic heterocycles. The molecular formula is C13H13Br2N3O. The van der Waals surface area contributed by atoms with Crippen LogP contribution in [-0.4, -0.2) is 16.1 Å². The molecule has 2 aromatic rings. The lowest BCUT2D eigenvalue weighted by atomic mass is 10.3. The van der Waals surface area contributed by atoms with E-state index in [4.69, 9.17) is 0 Å². The van der Waals surface area contributed by atoms with Crippen LogP contribution in [0.2, 0.25) is 0 Å². The first-order valence-electron chi connectivity index (χ1n) is 5.84. The third-order valence-corrected chi connectivity index (χ3v) is 3.54. The number of rotatable bonds is 4. The van der Waals surface area contributed by atoms with Crippen LogP contribution < -0.4 is 10.9 Å². The minimum absolute atomic E-state index is 0.0705. The molecule has 19 heavy (non-hydrogen) atoms. The standard InChI is InChI=1S/C13H13Br2N3O/c1-2-16-10-3-4-17-11(6-10)8-18-7-9(14)5-12(15)13(18)19/h3-7H,2,8H2,1H3,(H,16,17). The molecule has 0 atom stereocenters. The van der Waals surface area contributed by atoms with Crippen molar-refractivity contribution in [3.63, 3.8) is 0 Å². The van der Waals surface area contributed by atoms with Crippen LogP contribution in [0, 0.1) is 0 Å². The van der Waals surface area contributed by atoms with Gasteiger partial charge in [0.25, 0.3) is 5.56 Å². The van der Waals surface area contributed by atoms with Crippen LogP contribution in [0.4, 0.5) is 5.69 Å². The summed E-state index contributed by atoms with van der Waals surface area (Å²) in [4.78, 5) is 16.3. The van der Waals surface area contributed by atoms with Crippen molar-refractivity contribution in [1.29, 1.82) is 0 Å². The van der Waals surface area contributed by atoms with Crippen LogP contribution in [-0.2, 0) is 6.54 Å². The Balaban J connectivity index is 2.31. The van der Waals surface area contributed by atoms with Crippen molar-refractivity contribution in [2.45, 2.75) is 13.5 Å². The lowest BCUT2D eigenvalue weighted by Gasteiger charge is -2.08. The maximum atomic E-state index is 12.0. The van der Waals surface area contributed by atoms with E-state index in [1.165, 1.54) is 0 Å². The normalized spacial score (nSPS) is 10.5. The monoisotopic (exact) mass is 385 g/mol. The highest BCUT2D eigenvalue weighted by Crippen LogP contribution is 2.14. The molecule has 1 N–H and O–H groups in total. The van der Waals surface area contributed by atoms with E-state index in [1.807, 2.05) is 19.1 Å². The van der Waals surface area contributed by atoms with Gasteiger partial charge in [-0.05, 0) is 57.0 Å². The van der Waals surface area contributed by atoms with Crippen molar-refractivity contribution in [3.05, 3.63) is 55.6 Å². The van der Waals surface area contributed by atoms with E-state index < -0.39 is 0 Å². The van der Waals surface area contributed by atoms with Gasteiger partial charge in [0, 0.05) is 29.1 Å². The zero-order chi connectivity index (χ0) is 13.8. The summed E-state index contributed by atoms with van der Waals surface area (Å²) in [5.74, 6) is 0. The summed E-state index contributed by atoms with van der Waals surface area (Å²) in [5, 5.41) is 3.23. The van der Waals surface area contributed by atoms with Gasteiger partial charge in [-0.1, -0.05) is 0 Å². The van der Waals surface area contributed by atoms with Crippen molar-refractivity contribution in [1.82, 2.24) is 9.55 Å². The van der Waals surface area contributed by atoms with Gasteiger partial charge >= 0.3 is 0 Å². The molecule has 0 amide bonds. The van der Waals surface area contributed by atoms with Gasteiger partial charge in [0.1, 0.15) is 0 Å². The van der Waals surface area contributed by atoms with Crippen LogP contribution >= 0.6 is 31.9 Å². The molecule has 0 aromatic carbocycles. The molecule has 0 aliphatic carbocycles. The maximum Gasteiger partial charge on any atom is 0.265 e. The number of hydrogen-bond acceptors (Lipinski definition) is 3. The summed E-state index contributed by atoms with van der Waals surface area (Å²) < 4.78 is 3.00. The summed E-state index contributed by atoms with van der Waals surface area (Å²) in [5.41, 5.74) is 1.78. The Morgan fingerprint density at radius 3 is 2.89 bits per heavy atom. The molecule has 0 radical (unpaired) electrons. The smallest absolute Gasteiger partial charge is 0.265 e. The molecule has 0 aliphatic heterocycles. The van der Waals surface area contributed by atoms with E-state index in [2.05, 4.69) is 42.2 Å². The molecular weight excluding hydrogens is 374 g/mol. The third-order valence-electron chi connectivity index (χ3n) is 2.54. The highest BCUT2D eigenvalue weighted by Gasteiger charge is 2.05. The number of halogens is 2. The Hall–Kier alpha value is -1.14. The van der Waals surface area contributed by atoms with Gasteiger partial charge in [0.2, 0.25) is 0 Å². The van der Waals surface area contributed by atoms with Gasteiger partial charge in [0.05, 0.1) is 16.7 Å². The second-order valence-corrected chi connectivity index (χ2v) is 5.78. The van der Waals surface area contributed by atoms with Crippen molar-refractivity contribution in [2.24, 2.45) is 0 Å². The molecule has 0 bridgehead atoms. The second kappa shape index (κ2) is 6.34. The van der Waals surface area contributed by atoms with E-state index in [0.717, 1.165) is 22.4 Å². The summed E-state index contributed by atoms with van der Waals surface area (Å²) >= 11 is 6.63. The van der Waals surface area contributed by atoms with E-state index in [-0.39, 0.29) is 5.56 Å². The first-order valence-corrected chi connectivity index (χ1v) is 7.43. The van der Waals surface area contributed by atoms with Crippen LogP contribution in [0.3, 0.4) is 0 Å². The highest BCUT2D eigenvalue weighted by atomic mass is 79.9. The first-order chi connectivity index (χ1) is 9.10. The molecule has 2 rings (SSSR count). The predicted molar refractivity (Wildman–Crippen MR) is 83.6 cm³/mol. The van der Waals surface area contributed by atoms with Gasteiger partial charge in [-0.2, -0.15) is 0 Å². The lowest BCUT2D eigenvalue weighted by molar-refractivity contribution is 0.733. The molecule has 0 spiro atoms. The largest absolute Gasteiger partial charge is 0.385 e. The fraction of sp³-hybridized carbons (Fsp3) is 0.231. The molecule has 2 heterocycles. The van der Waals surface area contributed by atoms with Crippen molar-refractivity contribution < 1.29 is 0 Å². The second-order valence-electron chi connectivity index (χ2n) is 4.01. The van der Waals surface area contributed by atoms with Crippen LogP contribution in [0.1, 0.15) is 12.6 Å². The molecule has 0 unspecified atom stereocenters. The Morgan fingerprint density at radius 2 is 2.16 bits per heavy atom. The quantitative estimate of drug-likeness (QED) is 0.877. The summed E-state index contributed by atoms with van der Waals surface area (Å²) in [7, 11) is 0. The number of aromatic nitrogens is 2. The Morgan fingerprint density at radius 1 is 1.37 bits per heavy atom. The fourth-order valence-corrected chi connectivity index (χ4v) is 2.99. The van der Waals surface area contributed by atoms with Gasteiger partial charge in [-0.3, -0.25) is 9.78 Å². The average Bonchev–Trinajstić information content (AvgIpc) is 2.36. The number of nitrogens with one attached hydrogen (secondary N) is 1. The molecule has 0 aliphatic rings. The van der Waals surface area contributed by atoms with Gasteiger partial charge in [0.15, 0.2) is 0 Å². The van der Waals surface area contributed by atoms with Crippen molar-refractivity contribution in [3.8, 4) is 0 Å². The third kappa shape index (κ3) is 3.67. The Bertz CT molecular complexity index is 640. The number of hydrogen-bond donors (Lipinski definition) is 1. The van der Waals surface area contributed by atoms with Crippen molar-refractivity contribution in [2.75, 3.05) is 11.9 Å². The minimum atomic E-state index is -0.0705. The molecule has 0 fully saturated rings. The van der Waals surface area contributed by atoms with Gasteiger partial charge in [-0.25, -0.2) is 0 Å². The Labute approximate surface area is 128 Å². The zero-order valence-electron chi connectivity index (χ0n) is 10.4. The first kappa shape index (κ1) is 14.3. The SMILES string of the molecule is CCNc1ccnc(Cn2cc(Br)cc(Br)c2=O)c1. The highest BCUT2D eigenvalue weighted by molar-refractivity contribution is 9.11. The summed E-state index contributed by atoms with van der Waals surface area (Å²) in [6, 6.07) is 5.60. The van der Waals surface area contributed by atoms with Gasteiger partial charge in [-0.15, -0.1) is 0 Å². The van der Waals surface area contributed by atoms with Crippen LogP contribution in [0.15, 0.2) is 44.3 Å².